The van der Waals surface area contributed by atoms with Crippen molar-refractivity contribution in [1.82, 2.24) is 4.90 Å². The molecule has 4 rings (SSSR count). The zero-order chi connectivity index (χ0) is 27.1. The molecule has 1 heterocycles. The van der Waals surface area contributed by atoms with E-state index in [1.807, 2.05) is 0 Å². The molecule has 0 unspecified atom stereocenters. The van der Waals surface area contributed by atoms with Gasteiger partial charge in [0.15, 0.2) is 11.5 Å². The van der Waals surface area contributed by atoms with E-state index < -0.39 is 11.9 Å². The first-order valence-corrected chi connectivity index (χ1v) is 12.8. The fraction of sp³-hybridized carbons (Fsp3) is 0.179. The van der Waals surface area contributed by atoms with Crippen LogP contribution in [0.4, 0.5) is 4.79 Å². The molecule has 1 fully saturated rings. The number of benzene rings is 3. The Labute approximate surface area is 229 Å². The first-order valence-electron chi connectivity index (χ1n) is 11.6. The van der Waals surface area contributed by atoms with Crippen molar-refractivity contribution < 1.29 is 33.3 Å². The molecular formula is C28H24ClNO7S. The Morgan fingerprint density at radius 1 is 0.947 bits per heavy atom. The molecule has 0 bridgehead atoms. The fourth-order valence-corrected chi connectivity index (χ4v) is 4.47. The highest BCUT2D eigenvalue weighted by atomic mass is 35.5. The number of esters is 1. The van der Waals surface area contributed by atoms with Gasteiger partial charge in [-0.15, -0.1) is 0 Å². The number of halogens is 1. The lowest BCUT2D eigenvalue weighted by atomic mass is 10.1. The van der Waals surface area contributed by atoms with E-state index in [2.05, 4.69) is 0 Å². The molecule has 0 aromatic heterocycles. The van der Waals surface area contributed by atoms with Gasteiger partial charge in [-0.1, -0.05) is 17.7 Å². The number of thioether (sulfide) groups is 1. The summed E-state index contributed by atoms with van der Waals surface area (Å²) < 4.78 is 21.9. The van der Waals surface area contributed by atoms with Crippen LogP contribution >= 0.6 is 23.4 Å². The summed E-state index contributed by atoms with van der Waals surface area (Å²) in [6, 6.07) is 18.3. The molecule has 1 aliphatic heterocycles. The molecule has 38 heavy (non-hydrogen) atoms. The molecule has 3 aromatic rings. The second kappa shape index (κ2) is 12.5. The highest BCUT2D eigenvalue weighted by Gasteiger charge is 2.34. The minimum Gasteiger partial charge on any atom is -0.497 e. The lowest BCUT2D eigenvalue weighted by Gasteiger charge is -2.13. The Hall–Kier alpha value is -3.95. The number of carbonyl (C=O) groups is 3. The molecule has 0 atom stereocenters. The summed E-state index contributed by atoms with van der Waals surface area (Å²) in [7, 11) is 1.54. The van der Waals surface area contributed by atoms with E-state index in [1.165, 1.54) is 0 Å². The van der Waals surface area contributed by atoms with Crippen molar-refractivity contribution in [3.63, 3.8) is 0 Å². The summed E-state index contributed by atoms with van der Waals surface area (Å²) in [4.78, 5) is 39.3. The number of ether oxygens (including phenoxy) is 4. The van der Waals surface area contributed by atoms with Crippen molar-refractivity contribution in [1.29, 1.82) is 0 Å². The quantitative estimate of drug-likeness (QED) is 0.169. The molecule has 3 aromatic carbocycles. The molecule has 1 aliphatic rings. The Kier molecular flexibility index (Phi) is 8.93. The Balaban J connectivity index is 1.43. The fourth-order valence-electron chi connectivity index (χ4n) is 3.48. The van der Waals surface area contributed by atoms with Crippen LogP contribution < -0.4 is 18.9 Å². The molecule has 2 amide bonds. The van der Waals surface area contributed by atoms with E-state index in [1.54, 1.807) is 86.8 Å². The van der Waals surface area contributed by atoms with Crippen molar-refractivity contribution in [2.75, 3.05) is 26.9 Å². The topological polar surface area (TPSA) is 91.4 Å². The van der Waals surface area contributed by atoms with Gasteiger partial charge in [0.2, 0.25) is 0 Å². The molecule has 0 aliphatic carbocycles. The second-order valence-electron chi connectivity index (χ2n) is 7.89. The Morgan fingerprint density at radius 3 is 2.34 bits per heavy atom. The van der Waals surface area contributed by atoms with E-state index in [9.17, 15) is 14.4 Å². The maximum Gasteiger partial charge on any atom is 0.343 e. The molecule has 0 N–H and O–H groups in total. The van der Waals surface area contributed by atoms with Gasteiger partial charge >= 0.3 is 5.97 Å². The number of amides is 2. The summed E-state index contributed by atoms with van der Waals surface area (Å²) in [6.45, 7) is 2.39. The van der Waals surface area contributed by atoms with Gasteiger partial charge in [-0.05, 0) is 91.0 Å². The average Bonchev–Trinajstić information content (AvgIpc) is 3.18. The largest absolute Gasteiger partial charge is 0.497 e. The van der Waals surface area contributed by atoms with Crippen LogP contribution in [0, 0.1) is 0 Å². The van der Waals surface area contributed by atoms with Crippen molar-refractivity contribution in [2.24, 2.45) is 0 Å². The van der Waals surface area contributed by atoms with E-state index in [0.29, 0.717) is 40.0 Å². The van der Waals surface area contributed by atoms with Crippen LogP contribution in [0.15, 0.2) is 71.6 Å². The summed E-state index contributed by atoms with van der Waals surface area (Å²) in [5.74, 6) is 0.819. The van der Waals surface area contributed by atoms with E-state index >= 15 is 0 Å². The van der Waals surface area contributed by atoms with Gasteiger partial charge in [-0.25, -0.2) is 4.79 Å². The lowest BCUT2D eigenvalue weighted by Crippen LogP contribution is -2.32. The van der Waals surface area contributed by atoms with Gasteiger partial charge in [-0.3, -0.25) is 14.5 Å². The lowest BCUT2D eigenvalue weighted by molar-refractivity contribution is -0.123. The molecule has 1 saturated heterocycles. The number of imide groups is 1. The van der Waals surface area contributed by atoms with Crippen molar-refractivity contribution in [2.45, 2.75) is 6.92 Å². The highest BCUT2D eigenvalue weighted by Crippen LogP contribution is 2.35. The van der Waals surface area contributed by atoms with Crippen molar-refractivity contribution >= 4 is 46.6 Å². The minimum atomic E-state index is -0.553. The van der Waals surface area contributed by atoms with Crippen LogP contribution in [-0.2, 0) is 4.79 Å². The summed E-state index contributed by atoms with van der Waals surface area (Å²) in [5, 5.41) is 0.209. The SMILES string of the molecule is CCOc1cc(/C=C2\SC(=O)N(CCOc3ccc(Cl)cc3)C2=O)ccc1OC(=O)c1ccc(OC)cc1. The van der Waals surface area contributed by atoms with Crippen LogP contribution in [0.5, 0.6) is 23.0 Å². The summed E-state index contributed by atoms with van der Waals surface area (Å²) in [5.41, 5.74) is 0.964. The maximum absolute atomic E-state index is 12.9. The van der Waals surface area contributed by atoms with E-state index in [0.717, 1.165) is 16.7 Å². The van der Waals surface area contributed by atoms with Crippen molar-refractivity contribution in [3.05, 3.63) is 87.8 Å². The molecule has 8 nitrogen and oxygen atoms in total. The average molecular weight is 554 g/mol. The highest BCUT2D eigenvalue weighted by molar-refractivity contribution is 8.18. The van der Waals surface area contributed by atoms with Crippen molar-refractivity contribution in [3.8, 4) is 23.0 Å². The van der Waals surface area contributed by atoms with Gasteiger partial charge in [-0.2, -0.15) is 0 Å². The van der Waals surface area contributed by atoms with Crippen LogP contribution in [0.2, 0.25) is 5.02 Å². The number of hydrogen-bond donors (Lipinski definition) is 0. The van der Waals surface area contributed by atoms with Gasteiger partial charge in [0.05, 0.1) is 30.7 Å². The third-order valence-electron chi connectivity index (χ3n) is 5.36. The Bertz CT molecular complexity index is 1360. The van der Waals surface area contributed by atoms with Gasteiger partial charge in [0.1, 0.15) is 18.1 Å². The minimum absolute atomic E-state index is 0.106. The predicted octanol–water partition coefficient (Wildman–Crippen LogP) is 6.08. The third-order valence-corrected chi connectivity index (χ3v) is 6.52. The van der Waals surface area contributed by atoms with Crippen LogP contribution in [0.3, 0.4) is 0 Å². The molecule has 0 radical (unpaired) electrons. The third kappa shape index (κ3) is 6.67. The number of nitrogens with zero attached hydrogens (tertiary/aromatic N) is 1. The monoisotopic (exact) mass is 553 g/mol. The van der Waals surface area contributed by atoms with Gasteiger partial charge < -0.3 is 18.9 Å². The molecule has 0 spiro atoms. The first kappa shape index (κ1) is 27.1. The van der Waals surface area contributed by atoms with Gasteiger partial charge in [0.25, 0.3) is 11.1 Å². The number of rotatable bonds is 10. The zero-order valence-electron chi connectivity index (χ0n) is 20.6. The summed E-state index contributed by atoms with van der Waals surface area (Å²) >= 11 is 6.72. The molecule has 10 heteroatoms. The van der Waals surface area contributed by atoms with Crippen LogP contribution in [0.1, 0.15) is 22.8 Å². The number of hydrogen-bond acceptors (Lipinski definition) is 8. The number of methoxy groups -OCH3 is 1. The molecule has 0 saturated carbocycles. The molecule has 196 valence electrons. The number of carbonyl (C=O) groups excluding carboxylic acids is 3. The van der Waals surface area contributed by atoms with Gasteiger partial charge in [0, 0.05) is 5.02 Å². The standard InChI is InChI=1S/C28H24ClNO7S/c1-3-35-24-16-18(4-13-23(24)37-27(32)19-5-9-21(34-2)10-6-19)17-25-26(31)30(28(33)38-25)14-15-36-22-11-7-20(29)8-12-22/h4-13,16-17H,3,14-15H2,1-2H3/b25-17-. The summed E-state index contributed by atoms with van der Waals surface area (Å²) in [6.07, 6.45) is 1.60. The van der Waals surface area contributed by atoms with Crippen LogP contribution in [-0.4, -0.2) is 48.9 Å². The Morgan fingerprint density at radius 2 is 1.66 bits per heavy atom. The molecular weight excluding hydrogens is 530 g/mol. The van der Waals surface area contributed by atoms with E-state index in [4.69, 9.17) is 30.5 Å². The zero-order valence-corrected chi connectivity index (χ0v) is 22.2. The van der Waals surface area contributed by atoms with E-state index in [-0.39, 0.29) is 29.0 Å². The predicted molar refractivity (Wildman–Crippen MR) is 145 cm³/mol. The van der Waals surface area contributed by atoms with Crippen LogP contribution in [0.25, 0.3) is 6.08 Å². The normalized spacial score (nSPS) is 14.1. The second-order valence-corrected chi connectivity index (χ2v) is 9.32. The smallest absolute Gasteiger partial charge is 0.343 e. The maximum atomic E-state index is 12.9. The first-order chi connectivity index (χ1) is 18.4.